The van der Waals surface area contributed by atoms with Gasteiger partial charge in [-0.25, -0.2) is 4.42 Å². The lowest BCUT2D eigenvalue weighted by Crippen LogP contribution is -2.49. The summed E-state index contributed by atoms with van der Waals surface area (Å²) < 4.78 is 31.2. The van der Waals surface area contributed by atoms with Gasteiger partial charge in [-0.05, 0) is 13.8 Å². The number of nitrogens with zero attached hydrogens (tertiary/aromatic N) is 1. The minimum absolute atomic E-state index is 0.400. The fourth-order valence-corrected chi connectivity index (χ4v) is 2.48. The van der Waals surface area contributed by atoms with Crippen LogP contribution in [0.2, 0.25) is 0 Å². The first-order chi connectivity index (χ1) is 6.77. The number of rotatable bonds is 3. The quantitative estimate of drug-likeness (QED) is 0.626. The van der Waals surface area contributed by atoms with E-state index in [0.29, 0.717) is 0 Å². The van der Waals surface area contributed by atoms with Gasteiger partial charge in [0.25, 0.3) is 10.1 Å². The molecule has 0 bridgehead atoms. The van der Waals surface area contributed by atoms with Crippen LogP contribution in [-0.4, -0.2) is 34.6 Å². The van der Waals surface area contributed by atoms with E-state index in [1.807, 2.05) is 0 Å². The molecule has 0 rings (SSSR count). The Labute approximate surface area is 102 Å². The molecule has 16 heavy (non-hydrogen) atoms. The summed E-state index contributed by atoms with van der Waals surface area (Å²) in [5.41, 5.74) is -1.88. The maximum absolute atomic E-state index is 11.8. The van der Waals surface area contributed by atoms with Gasteiger partial charge in [0.1, 0.15) is 0 Å². The summed E-state index contributed by atoms with van der Waals surface area (Å²) in [4.78, 5) is 11.8. The van der Waals surface area contributed by atoms with E-state index < -0.39 is 32.7 Å². The lowest BCUT2D eigenvalue weighted by Gasteiger charge is -2.35. The third-order valence-electron chi connectivity index (χ3n) is 1.89. The molecule has 0 aromatic carbocycles. The lowest BCUT2D eigenvalue weighted by atomic mass is 9.94. The predicted octanol–water partition coefficient (Wildman–Crippen LogP) is 1.68. The highest BCUT2D eigenvalue weighted by Crippen LogP contribution is 2.26. The van der Waals surface area contributed by atoms with Crippen molar-refractivity contribution in [3.05, 3.63) is 0 Å². The lowest BCUT2D eigenvalue weighted by molar-refractivity contribution is -0.137. The topological polar surface area (TPSA) is 74.7 Å². The zero-order valence-corrected chi connectivity index (χ0v) is 11.7. The third kappa shape index (κ3) is 4.67. The van der Waals surface area contributed by atoms with Crippen LogP contribution in [0.1, 0.15) is 34.6 Å². The van der Waals surface area contributed by atoms with Gasteiger partial charge >= 0.3 is 0 Å². The van der Waals surface area contributed by atoms with E-state index in [-0.39, 0.29) is 0 Å². The van der Waals surface area contributed by atoms with E-state index in [0.717, 1.165) is 4.42 Å². The summed E-state index contributed by atoms with van der Waals surface area (Å²) in [6.07, 6.45) is 0. The molecule has 0 aliphatic rings. The first-order valence-corrected chi connectivity index (χ1v) is 6.68. The van der Waals surface area contributed by atoms with Gasteiger partial charge in [0.05, 0.1) is 11.3 Å². The molecule has 0 unspecified atom stereocenters. The normalized spacial score (nSPS) is 13.7. The molecule has 0 spiro atoms. The van der Waals surface area contributed by atoms with Gasteiger partial charge < -0.3 is 0 Å². The molecule has 0 saturated carbocycles. The Kier molecular flexibility index (Phi) is 4.41. The van der Waals surface area contributed by atoms with Crippen molar-refractivity contribution in [2.45, 2.75) is 40.2 Å². The Morgan fingerprint density at radius 1 is 1.25 bits per heavy atom. The van der Waals surface area contributed by atoms with Crippen LogP contribution in [0, 0.1) is 5.41 Å². The summed E-state index contributed by atoms with van der Waals surface area (Å²) in [5, 5.41) is 0. The van der Waals surface area contributed by atoms with Gasteiger partial charge in [-0.3, -0.25) is 9.35 Å². The van der Waals surface area contributed by atoms with Crippen LogP contribution in [-0.2, 0) is 14.9 Å². The molecule has 5 nitrogen and oxygen atoms in total. The first-order valence-electron chi connectivity index (χ1n) is 4.73. The number of hydrogen-bond donors (Lipinski definition) is 1. The van der Waals surface area contributed by atoms with Crippen molar-refractivity contribution < 1.29 is 17.8 Å². The van der Waals surface area contributed by atoms with E-state index in [9.17, 15) is 13.2 Å². The van der Waals surface area contributed by atoms with Gasteiger partial charge in [-0.1, -0.05) is 20.8 Å². The molecule has 0 aliphatic carbocycles. The van der Waals surface area contributed by atoms with E-state index in [4.69, 9.17) is 16.3 Å². The molecule has 0 radical (unpaired) electrons. The zero-order valence-electron chi connectivity index (χ0n) is 10.1. The Bertz CT molecular complexity index is 369. The molecule has 1 N–H and O–H groups in total. The summed E-state index contributed by atoms with van der Waals surface area (Å²) in [6, 6.07) is 0. The maximum Gasteiger partial charge on any atom is 0.267 e. The molecule has 0 saturated heterocycles. The Morgan fingerprint density at radius 2 is 1.62 bits per heavy atom. The molecule has 96 valence electrons. The summed E-state index contributed by atoms with van der Waals surface area (Å²) >= 11 is 5.82. The minimum atomic E-state index is -4.18. The van der Waals surface area contributed by atoms with Gasteiger partial charge in [0, 0.05) is 17.2 Å². The maximum atomic E-state index is 11.8. The van der Waals surface area contributed by atoms with E-state index >= 15 is 0 Å². The van der Waals surface area contributed by atoms with Crippen LogP contribution < -0.4 is 0 Å². The number of hydrogen-bond acceptors (Lipinski definition) is 3. The zero-order chi connectivity index (χ0) is 13.4. The molecule has 0 aliphatic heterocycles. The second-order valence-electron chi connectivity index (χ2n) is 5.37. The molecule has 0 aromatic rings. The van der Waals surface area contributed by atoms with Crippen molar-refractivity contribution in [3.8, 4) is 0 Å². The Morgan fingerprint density at radius 3 is 1.88 bits per heavy atom. The fourth-order valence-electron chi connectivity index (χ4n) is 1.07. The van der Waals surface area contributed by atoms with Crippen LogP contribution in [0.3, 0.4) is 0 Å². The third-order valence-corrected chi connectivity index (χ3v) is 3.57. The first kappa shape index (κ1) is 15.7. The number of amides is 1. The fraction of sp³-hybridized carbons (Fsp3) is 0.889. The smallest absolute Gasteiger partial charge is 0.267 e. The van der Waals surface area contributed by atoms with Crippen molar-refractivity contribution in [1.29, 1.82) is 0 Å². The minimum Gasteiger partial charge on any atom is -0.285 e. The highest BCUT2D eigenvalue weighted by Gasteiger charge is 2.38. The van der Waals surface area contributed by atoms with Crippen LogP contribution in [0.15, 0.2) is 0 Å². The van der Waals surface area contributed by atoms with Crippen LogP contribution in [0.25, 0.3) is 0 Å². The molecule has 1 amide bonds. The van der Waals surface area contributed by atoms with Gasteiger partial charge in [0.2, 0.25) is 5.91 Å². The van der Waals surface area contributed by atoms with Crippen molar-refractivity contribution in [2.75, 3.05) is 5.75 Å². The second-order valence-corrected chi connectivity index (χ2v) is 7.17. The highest BCUT2D eigenvalue weighted by molar-refractivity contribution is 7.85. The monoisotopic (exact) mass is 271 g/mol. The van der Waals surface area contributed by atoms with Crippen LogP contribution in [0.4, 0.5) is 0 Å². The summed E-state index contributed by atoms with van der Waals surface area (Å²) in [6.45, 7) is 7.96. The number of carbonyl (C=O) groups excluding carboxylic acids is 1. The molecule has 0 aromatic heterocycles. The molecule has 0 atom stereocenters. The van der Waals surface area contributed by atoms with Gasteiger partial charge in [0.15, 0.2) is 0 Å². The van der Waals surface area contributed by atoms with Crippen molar-refractivity contribution >= 4 is 27.8 Å². The van der Waals surface area contributed by atoms with E-state index in [1.165, 1.54) is 13.8 Å². The standard InChI is InChI=1S/C9H18ClNO4S/c1-8(2,3)7(12)11(10)9(4,5)6-16(13,14)15/h6H2,1-5H3,(H,13,14,15). The average molecular weight is 272 g/mol. The molecular weight excluding hydrogens is 254 g/mol. The molecule has 0 heterocycles. The number of halogens is 1. The number of carbonyl (C=O) groups is 1. The van der Waals surface area contributed by atoms with Crippen LogP contribution in [0.5, 0.6) is 0 Å². The highest BCUT2D eigenvalue weighted by atomic mass is 35.5. The van der Waals surface area contributed by atoms with Gasteiger partial charge in [-0.15, -0.1) is 0 Å². The van der Waals surface area contributed by atoms with Crippen molar-refractivity contribution in [1.82, 2.24) is 4.42 Å². The van der Waals surface area contributed by atoms with Crippen molar-refractivity contribution in [2.24, 2.45) is 5.41 Å². The van der Waals surface area contributed by atoms with E-state index in [2.05, 4.69) is 0 Å². The molecule has 0 fully saturated rings. The SMILES string of the molecule is CC(C)(C)C(=O)N(Cl)C(C)(C)CS(=O)(=O)O. The molecular formula is C9H18ClNO4S. The van der Waals surface area contributed by atoms with Crippen molar-refractivity contribution in [3.63, 3.8) is 0 Å². The Hall–Kier alpha value is -0.330. The summed E-state index contributed by atoms with van der Waals surface area (Å²) in [7, 11) is -4.18. The van der Waals surface area contributed by atoms with E-state index in [1.54, 1.807) is 20.8 Å². The molecule has 7 heteroatoms. The summed E-state index contributed by atoms with van der Waals surface area (Å²) in [5.74, 6) is -1.01. The predicted molar refractivity (Wildman–Crippen MR) is 62.6 cm³/mol. The largest absolute Gasteiger partial charge is 0.285 e. The van der Waals surface area contributed by atoms with Gasteiger partial charge in [-0.2, -0.15) is 8.42 Å². The van der Waals surface area contributed by atoms with Crippen LogP contribution >= 0.6 is 11.8 Å². The second kappa shape index (κ2) is 4.50. The average Bonchev–Trinajstić information content (AvgIpc) is 1.95. The Balaban J connectivity index is 4.98.